The number of aromatic hydroxyl groups is 1. The fraction of sp³-hybridized carbons (Fsp3) is 0.0625. The normalized spacial score (nSPS) is 19.1. The number of carbonyl (C=O) groups is 2. The van der Waals surface area contributed by atoms with Crippen LogP contribution in [0.4, 0.5) is 10.1 Å². The highest BCUT2D eigenvalue weighted by Gasteiger charge is 2.39. The molecule has 0 heterocycles. The van der Waals surface area contributed by atoms with E-state index in [-0.39, 0.29) is 28.3 Å². The van der Waals surface area contributed by atoms with Crippen LogP contribution in [0, 0.1) is 5.82 Å². The van der Waals surface area contributed by atoms with Gasteiger partial charge in [-0.2, -0.15) is 0 Å². The molecule has 0 aliphatic heterocycles. The van der Waals surface area contributed by atoms with Crippen molar-refractivity contribution in [3.63, 3.8) is 0 Å². The first-order chi connectivity index (χ1) is 10.9. The van der Waals surface area contributed by atoms with Crippen molar-refractivity contribution in [2.24, 2.45) is 4.99 Å². The largest absolute Gasteiger partial charge is 0.507 e. The maximum Gasteiger partial charge on any atom is 0.210 e. The number of rotatable bonds is 1. The van der Waals surface area contributed by atoms with Crippen molar-refractivity contribution in [3.8, 4) is 5.75 Å². The molecule has 0 fully saturated rings. The van der Waals surface area contributed by atoms with Crippen LogP contribution in [0.3, 0.4) is 0 Å². The van der Waals surface area contributed by atoms with Gasteiger partial charge in [-0.05, 0) is 46.3 Å². The molecule has 116 valence electrons. The number of Topliss-reactive ketones (excluding diaryl/α,β-unsaturated/α-hetero) is 2. The van der Waals surface area contributed by atoms with Gasteiger partial charge < -0.3 is 5.11 Å². The molecular weight excluding hydrogens is 389 g/mol. The Balaban J connectivity index is 2.16. The van der Waals surface area contributed by atoms with Crippen LogP contribution >= 0.6 is 27.5 Å². The second kappa shape index (κ2) is 5.86. The van der Waals surface area contributed by atoms with Crippen LogP contribution in [0.15, 0.2) is 45.9 Å². The molecule has 1 unspecified atom stereocenters. The smallest absolute Gasteiger partial charge is 0.210 e. The lowest BCUT2D eigenvalue weighted by Crippen LogP contribution is -2.38. The van der Waals surface area contributed by atoms with E-state index in [0.29, 0.717) is 4.47 Å². The van der Waals surface area contributed by atoms with E-state index in [9.17, 15) is 19.1 Å². The minimum Gasteiger partial charge on any atom is -0.507 e. The van der Waals surface area contributed by atoms with E-state index < -0.39 is 22.8 Å². The predicted molar refractivity (Wildman–Crippen MR) is 87.6 cm³/mol. The number of halogens is 3. The van der Waals surface area contributed by atoms with Crippen molar-refractivity contribution in [3.05, 3.63) is 57.8 Å². The molecular formula is C16H8BrClFNO3. The van der Waals surface area contributed by atoms with Crippen molar-refractivity contribution in [1.82, 2.24) is 0 Å². The summed E-state index contributed by atoms with van der Waals surface area (Å²) in [7, 11) is 0. The zero-order valence-corrected chi connectivity index (χ0v) is 13.7. The first-order valence-corrected chi connectivity index (χ1v) is 7.71. The van der Waals surface area contributed by atoms with Gasteiger partial charge >= 0.3 is 0 Å². The summed E-state index contributed by atoms with van der Waals surface area (Å²) in [6.07, 6.45) is 0. The fourth-order valence-electron chi connectivity index (χ4n) is 2.30. The lowest BCUT2D eigenvalue weighted by Gasteiger charge is -2.20. The lowest BCUT2D eigenvalue weighted by molar-refractivity contribution is 0.0965. The van der Waals surface area contributed by atoms with E-state index in [1.165, 1.54) is 36.4 Å². The highest BCUT2D eigenvalue weighted by Crippen LogP contribution is 2.33. The molecule has 0 aromatic heterocycles. The van der Waals surface area contributed by atoms with Crippen molar-refractivity contribution in [2.45, 2.75) is 5.38 Å². The number of alkyl halides is 1. The minimum absolute atomic E-state index is 0.0453. The molecule has 1 atom stereocenters. The summed E-state index contributed by atoms with van der Waals surface area (Å²) in [5.74, 6) is -1.92. The van der Waals surface area contributed by atoms with E-state index in [1.54, 1.807) is 0 Å². The van der Waals surface area contributed by atoms with E-state index in [4.69, 9.17) is 11.6 Å². The van der Waals surface area contributed by atoms with Crippen LogP contribution in [-0.2, 0) is 0 Å². The van der Waals surface area contributed by atoms with Crippen LogP contribution in [0.5, 0.6) is 5.75 Å². The Kier molecular flexibility index (Phi) is 4.04. The highest BCUT2D eigenvalue weighted by molar-refractivity contribution is 9.10. The first kappa shape index (κ1) is 15.8. The van der Waals surface area contributed by atoms with Gasteiger partial charge in [-0.3, -0.25) is 9.59 Å². The number of ketones is 2. The zero-order chi connectivity index (χ0) is 16.7. The average molecular weight is 397 g/mol. The van der Waals surface area contributed by atoms with Crippen molar-refractivity contribution in [2.75, 3.05) is 0 Å². The maximum absolute atomic E-state index is 13.1. The van der Waals surface area contributed by atoms with Crippen molar-refractivity contribution in [1.29, 1.82) is 0 Å². The van der Waals surface area contributed by atoms with Gasteiger partial charge in [-0.1, -0.05) is 6.07 Å². The first-order valence-electron chi connectivity index (χ1n) is 6.48. The molecule has 0 radical (unpaired) electrons. The Labute approximate surface area is 143 Å². The topological polar surface area (TPSA) is 66.7 Å². The van der Waals surface area contributed by atoms with Gasteiger partial charge in [0.1, 0.15) is 22.7 Å². The standard InChI is InChI=1S/C16H8BrClFNO3/c17-9-6-7(19)4-5-10(9)20-14-13(18)16(23)12-8(15(14)22)2-1-3-11(12)21/h1-6,13,21H. The van der Waals surface area contributed by atoms with Crippen molar-refractivity contribution < 1.29 is 19.1 Å². The SMILES string of the molecule is O=C1C(=Nc2ccc(F)cc2Br)C(Cl)C(=O)c2c(O)cccc21. The number of benzene rings is 2. The minimum atomic E-state index is -1.32. The summed E-state index contributed by atoms with van der Waals surface area (Å²) in [6, 6.07) is 7.94. The molecule has 4 nitrogen and oxygen atoms in total. The lowest BCUT2D eigenvalue weighted by atomic mass is 9.87. The molecule has 0 bridgehead atoms. The average Bonchev–Trinajstić information content (AvgIpc) is 2.51. The van der Waals surface area contributed by atoms with Gasteiger partial charge in [0, 0.05) is 10.0 Å². The maximum atomic E-state index is 13.1. The quantitative estimate of drug-likeness (QED) is 0.740. The number of hydrogen-bond acceptors (Lipinski definition) is 4. The van der Waals surface area contributed by atoms with Crippen LogP contribution in [0.1, 0.15) is 20.7 Å². The zero-order valence-electron chi connectivity index (χ0n) is 11.4. The molecule has 0 amide bonds. The Hall–Kier alpha value is -2.05. The molecule has 2 aromatic carbocycles. The molecule has 0 saturated heterocycles. The van der Waals surface area contributed by atoms with Gasteiger partial charge in [0.15, 0.2) is 5.78 Å². The molecule has 0 spiro atoms. The molecule has 3 rings (SSSR count). The van der Waals surface area contributed by atoms with Crippen LogP contribution in [0.25, 0.3) is 0 Å². The molecule has 1 aliphatic rings. The second-order valence-electron chi connectivity index (χ2n) is 4.85. The van der Waals surface area contributed by atoms with Crippen LogP contribution < -0.4 is 0 Å². The monoisotopic (exact) mass is 395 g/mol. The number of aliphatic imine (C=N–C) groups is 1. The summed E-state index contributed by atoms with van der Waals surface area (Å²) < 4.78 is 13.5. The molecule has 0 saturated carbocycles. The number of hydrogen-bond donors (Lipinski definition) is 1. The molecule has 1 aliphatic carbocycles. The molecule has 23 heavy (non-hydrogen) atoms. The number of phenolic OH excluding ortho intramolecular Hbond substituents is 1. The van der Waals surface area contributed by atoms with E-state index >= 15 is 0 Å². The summed E-state index contributed by atoms with van der Waals surface area (Å²) in [6.45, 7) is 0. The Morgan fingerprint density at radius 1 is 1.22 bits per heavy atom. The summed E-state index contributed by atoms with van der Waals surface area (Å²) in [5.41, 5.74) is 0.0531. The molecule has 2 aromatic rings. The van der Waals surface area contributed by atoms with Gasteiger partial charge in [0.25, 0.3) is 0 Å². The van der Waals surface area contributed by atoms with Crippen LogP contribution in [-0.4, -0.2) is 27.8 Å². The summed E-state index contributed by atoms with van der Waals surface area (Å²) in [5, 5.41) is 8.47. The molecule has 7 heteroatoms. The number of fused-ring (bicyclic) bond motifs is 1. The third-order valence-corrected chi connectivity index (χ3v) is 4.43. The Morgan fingerprint density at radius 2 is 1.96 bits per heavy atom. The fourth-order valence-corrected chi connectivity index (χ4v) is 3.00. The number of carbonyl (C=O) groups excluding carboxylic acids is 2. The highest BCUT2D eigenvalue weighted by atomic mass is 79.9. The third-order valence-electron chi connectivity index (χ3n) is 3.39. The van der Waals surface area contributed by atoms with E-state index in [0.717, 1.165) is 0 Å². The van der Waals surface area contributed by atoms with Crippen LogP contribution in [0.2, 0.25) is 0 Å². The van der Waals surface area contributed by atoms with Gasteiger partial charge in [0.2, 0.25) is 5.78 Å². The Morgan fingerprint density at radius 3 is 2.65 bits per heavy atom. The number of phenols is 1. The summed E-state index contributed by atoms with van der Waals surface area (Å²) >= 11 is 9.21. The van der Waals surface area contributed by atoms with E-state index in [1.807, 2.05) is 0 Å². The van der Waals surface area contributed by atoms with Gasteiger partial charge in [-0.15, -0.1) is 11.6 Å². The molecule has 1 N–H and O–H groups in total. The van der Waals surface area contributed by atoms with Gasteiger partial charge in [-0.25, -0.2) is 9.38 Å². The summed E-state index contributed by atoms with van der Waals surface area (Å²) in [4.78, 5) is 29.0. The Bertz CT molecular complexity index is 882. The predicted octanol–water partition coefficient (Wildman–Crippen LogP) is 4.05. The second-order valence-corrected chi connectivity index (χ2v) is 6.14. The third kappa shape index (κ3) is 2.68. The van der Waals surface area contributed by atoms with Gasteiger partial charge in [0.05, 0.1) is 11.3 Å². The van der Waals surface area contributed by atoms with E-state index in [2.05, 4.69) is 20.9 Å². The number of nitrogens with zero attached hydrogens (tertiary/aromatic N) is 1. The van der Waals surface area contributed by atoms with Crippen molar-refractivity contribution >= 4 is 50.5 Å².